The fourth-order valence-electron chi connectivity index (χ4n) is 3.86. The van der Waals surface area contributed by atoms with Crippen LogP contribution in [0.5, 0.6) is 0 Å². The fraction of sp³-hybridized carbons (Fsp3) is 0.217. The summed E-state index contributed by atoms with van der Waals surface area (Å²) in [7, 11) is 0. The zero-order chi connectivity index (χ0) is 21.5. The summed E-state index contributed by atoms with van der Waals surface area (Å²) in [6.07, 6.45) is 4.34. The molecular formula is C23H23N9. The molecule has 1 fully saturated rings. The molecule has 0 bridgehead atoms. The number of anilines is 4. The smallest absolute Gasteiger partial charge is 0.248 e. The van der Waals surface area contributed by atoms with Crippen LogP contribution in [-0.2, 0) is 0 Å². The van der Waals surface area contributed by atoms with Crippen molar-refractivity contribution in [3.05, 3.63) is 77.7 Å². The summed E-state index contributed by atoms with van der Waals surface area (Å²) in [6.45, 7) is 2.15. The van der Waals surface area contributed by atoms with Gasteiger partial charge in [0.15, 0.2) is 17.5 Å². The number of fused-ring (bicyclic) bond motifs is 1. The molecule has 0 aliphatic heterocycles. The lowest BCUT2D eigenvalue weighted by Gasteiger charge is -2.09. The molecule has 0 amide bonds. The lowest BCUT2D eigenvalue weighted by molar-refractivity contribution is 0.854. The number of rotatable bonds is 7. The highest BCUT2D eigenvalue weighted by molar-refractivity contribution is 5.73. The van der Waals surface area contributed by atoms with Crippen molar-refractivity contribution in [2.75, 3.05) is 10.6 Å². The Kier molecular flexibility index (Phi) is 4.38. The molecule has 1 aromatic carbocycles. The molecule has 9 nitrogen and oxygen atoms in total. The maximum Gasteiger partial charge on any atom is 0.248 e. The van der Waals surface area contributed by atoms with Gasteiger partial charge < -0.3 is 10.6 Å². The second-order valence-corrected chi connectivity index (χ2v) is 8.20. The van der Waals surface area contributed by atoms with Gasteiger partial charge in [-0.25, -0.2) is 4.52 Å². The van der Waals surface area contributed by atoms with E-state index in [1.165, 1.54) is 24.1 Å². The predicted octanol–water partition coefficient (Wildman–Crippen LogP) is 4.69. The first-order chi connectivity index (χ1) is 15.7. The van der Waals surface area contributed by atoms with Gasteiger partial charge in [0.1, 0.15) is 5.52 Å². The molecule has 4 N–H and O–H groups in total. The molecule has 1 atom stereocenters. The molecule has 1 saturated carbocycles. The zero-order valence-corrected chi connectivity index (χ0v) is 17.6. The molecular weight excluding hydrogens is 402 g/mol. The van der Waals surface area contributed by atoms with E-state index in [2.05, 4.69) is 66.2 Å². The van der Waals surface area contributed by atoms with Gasteiger partial charge in [0.05, 0.1) is 0 Å². The minimum atomic E-state index is 0.199. The Labute approximate surface area is 184 Å². The number of hydrogen-bond acceptors (Lipinski definition) is 6. The van der Waals surface area contributed by atoms with Crippen LogP contribution in [0.25, 0.3) is 5.52 Å². The molecule has 0 unspecified atom stereocenters. The monoisotopic (exact) mass is 425 g/mol. The molecule has 6 rings (SSSR count). The Morgan fingerprint density at radius 3 is 2.62 bits per heavy atom. The summed E-state index contributed by atoms with van der Waals surface area (Å²) >= 11 is 0. The number of aromatic amines is 2. The summed E-state index contributed by atoms with van der Waals surface area (Å²) in [6, 6.07) is 18.3. The maximum atomic E-state index is 4.68. The second kappa shape index (κ2) is 7.52. The number of nitrogens with zero attached hydrogens (tertiary/aromatic N) is 5. The Bertz CT molecular complexity index is 1360. The van der Waals surface area contributed by atoms with Crippen molar-refractivity contribution in [3.63, 3.8) is 0 Å². The van der Waals surface area contributed by atoms with Gasteiger partial charge in [0.25, 0.3) is 0 Å². The number of benzene rings is 1. The van der Waals surface area contributed by atoms with Crippen LogP contribution < -0.4 is 10.6 Å². The van der Waals surface area contributed by atoms with E-state index in [0.29, 0.717) is 23.5 Å². The van der Waals surface area contributed by atoms with Crippen LogP contribution in [0.3, 0.4) is 0 Å². The van der Waals surface area contributed by atoms with E-state index >= 15 is 0 Å². The molecule has 0 spiro atoms. The Morgan fingerprint density at radius 1 is 0.969 bits per heavy atom. The average molecular weight is 426 g/mol. The molecule has 0 saturated heterocycles. The minimum Gasteiger partial charge on any atom is -0.322 e. The third kappa shape index (κ3) is 3.58. The first kappa shape index (κ1) is 18.6. The molecule has 160 valence electrons. The van der Waals surface area contributed by atoms with Crippen LogP contribution >= 0.6 is 0 Å². The summed E-state index contributed by atoms with van der Waals surface area (Å²) in [5.74, 6) is 3.34. The van der Waals surface area contributed by atoms with Crippen LogP contribution in [0.15, 0.2) is 60.8 Å². The SMILES string of the molecule is C[C@H](c1ccccc1)c1cc(Nc2nc(Nc3cc(C4CC4)[nH]n3)c3cccn3n2)n[nH]1. The van der Waals surface area contributed by atoms with Crippen molar-refractivity contribution >= 4 is 28.9 Å². The van der Waals surface area contributed by atoms with Gasteiger partial charge in [-0.3, -0.25) is 10.2 Å². The number of H-pyrrole nitrogens is 2. The summed E-state index contributed by atoms with van der Waals surface area (Å²) in [4.78, 5) is 4.68. The maximum absolute atomic E-state index is 4.68. The highest BCUT2D eigenvalue weighted by Crippen LogP contribution is 2.39. The van der Waals surface area contributed by atoms with Crippen LogP contribution in [0.2, 0.25) is 0 Å². The van der Waals surface area contributed by atoms with E-state index < -0.39 is 0 Å². The normalized spacial score (nSPS) is 14.5. The molecule has 0 radical (unpaired) electrons. The highest BCUT2D eigenvalue weighted by atomic mass is 15.3. The van der Waals surface area contributed by atoms with Crippen molar-refractivity contribution in [1.29, 1.82) is 0 Å². The van der Waals surface area contributed by atoms with Crippen molar-refractivity contribution in [3.8, 4) is 0 Å². The standard InChI is InChI=1S/C23H23N9/c1-14(15-6-3-2-4-7-15)17-12-21(30-27-17)25-23-26-22(19-8-5-11-32(19)31-23)24-20-13-18(28-29-20)16-9-10-16/h2-8,11-14,16H,9-10H2,1H3,(H4,24,25,26,27,28,29,30,31)/t14-/m1/s1. The molecule has 1 aliphatic carbocycles. The Balaban J connectivity index is 1.25. The van der Waals surface area contributed by atoms with Crippen LogP contribution in [0.4, 0.5) is 23.4 Å². The largest absolute Gasteiger partial charge is 0.322 e. The van der Waals surface area contributed by atoms with Gasteiger partial charge in [-0.05, 0) is 30.5 Å². The lowest BCUT2D eigenvalue weighted by atomic mass is 9.98. The number of hydrogen-bond donors (Lipinski definition) is 4. The van der Waals surface area contributed by atoms with E-state index in [-0.39, 0.29) is 5.92 Å². The topological polar surface area (TPSA) is 112 Å². The Morgan fingerprint density at radius 2 is 1.78 bits per heavy atom. The zero-order valence-electron chi connectivity index (χ0n) is 17.6. The average Bonchev–Trinajstić information content (AvgIpc) is 3.17. The molecule has 32 heavy (non-hydrogen) atoms. The first-order valence-electron chi connectivity index (χ1n) is 10.8. The van der Waals surface area contributed by atoms with Crippen molar-refractivity contribution < 1.29 is 0 Å². The highest BCUT2D eigenvalue weighted by Gasteiger charge is 2.25. The number of nitrogens with one attached hydrogen (secondary N) is 4. The van der Waals surface area contributed by atoms with Gasteiger partial charge in [-0.1, -0.05) is 37.3 Å². The van der Waals surface area contributed by atoms with Gasteiger partial charge in [0, 0.05) is 41.6 Å². The van der Waals surface area contributed by atoms with E-state index in [4.69, 9.17) is 0 Å². The van der Waals surface area contributed by atoms with Gasteiger partial charge in [0.2, 0.25) is 5.95 Å². The summed E-state index contributed by atoms with van der Waals surface area (Å²) < 4.78 is 1.78. The molecule has 1 aliphatic rings. The van der Waals surface area contributed by atoms with E-state index in [1.807, 2.05) is 42.6 Å². The van der Waals surface area contributed by atoms with Crippen molar-refractivity contribution in [2.45, 2.75) is 31.6 Å². The van der Waals surface area contributed by atoms with Crippen molar-refractivity contribution in [2.24, 2.45) is 0 Å². The van der Waals surface area contributed by atoms with Gasteiger partial charge >= 0.3 is 0 Å². The fourth-order valence-corrected chi connectivity index (χ4v) is 3.86. The van der Waals surface area contributed by atoms with E-state index in [1.54, 1.807) is 4.52 Å². The lowest BCUT2D eigenvalue weighted by Crippen LogP contribution is -2.06. The molecule has 5 aromatic rings. The van der Waals surface area contributed by atoms with Crippen LogP contribution in [0, 0.1) is 0 Å². The molecule has 9 heteroatoms. The quantitative estimate of drug-likeness (QED) is 0.301. The van der Waals surface area contributed by atoms with Gasteiger partial charge in [-0.2, -0.15) is 15.2 Å². The summed E-state index contributed by atoms with van der Waals surface area (Å²) in [5, 5.41) is 26.1. The number of aromatic nitrogens is 7. The third-order valence-corrected chi connectivity index (χ3v) is 5.86. The third-order valence-electron chi connectivity index (χ3n) is 5.86. The summed E-state index contributed by atoms with van der Waals surface area (Å²) in [5.41, 5.74) is 4.28. The second-order valence-electron chi connectivity index (χ2n) is 8.20. The predicted molar refractivity (Wildman–Crippen MR) is 123 cm³/mol. The van der Waals surface area contributed by atoms with Crippen molar-refractivity contribution in [1.82, 2.24) is 35.0 Å². The molecule has 4 heterocycles. The molecule has 4 aromatic heterocycles. The van der Waals surface area contributed by atoms with E-state index in [0.717, 1.165) is 17.0 Å². The Hall–Kier alpha value is -4.14. The van der Waals surface area contributed by atoms with Crippen LogP contribution in [-0.4, -0.2) is 35.0 Å². The van der Waals surface area contributed by atoms with E-state index in [9.17, 15) is 0 Å². The van der Waals surface area contributed by atoms with Crippen LogP contribution in [0.1, 0.15) is 48.6 Å². The minimum absolute atomic E-state index is 0.199. The van der Waals surface area contributed by atoms with Gasteiger partial charge in [-0.15, -0.1) is 5.10 Å². The first-order valence-corrected chi connectivity index (χ1v) is 10.8.